The lowest BCUT2D eigenvalue weighted by atomic mass is 10.1. The van der Waals surface area contributed by atoms with Crippen molar-refractivity contribution in [2.75, 3.05) is 25.1 Å². The van der Waals surface area contributed by atoms with Crippen LogP contribution in [0.4, 0.5) is 18.9 Å². The molecule has 3 rings (SSSR count). The minimum atomic E-state index is -4.76. The van der Waals surface area contributed by atoms with Crippen molar-refractivity contribution in [3.05, 3.63) is 82.9 Å². The summed E-state index contributed by atoms with van der Waals surface area (Å²) in [5, 5.41) is 2.39. The van der Waals surface area contributed by atoms with Crippen LogP contribution in [0.15, 0.2) is 71.6 Å². The molecular formula is C25H24ClF3N2O5S. The first-order valence-electron chi connectivity index (χ1n) is 10.8. The Morgan fingerprint density at radius 2 is 1.70 bits per heavy atom. The van der Waals surface area contributed by atoms with Crippen molar-refractivity contribution < 1.29 is 35.9 Å². The molecule has 0 aromatic heterocycles. The van der Waals surface area contributed by atoms with E-state index in [1.807, 2.05) is 0 Å². The molecule has 0 spiro atoms. The molecule has 0 aliphatic heterocycles. The molecule has 1 atom stereocenters. The Hall–Kier alpha value is -3.44. The number of carbonyl (C=O) groups excluding carboxylic acids is 1. The van der Waals surface area contributed by atoms with Crippen LogP contribution in [-0.2, 0) is 21.0 Å². The Balaban J connectivity index is 2.01. The summed E-state index contributed by atoms with van der Waals surface area (Å²) < 4.78 is 78.4. The van der Waals surface area contributed by atoms with E-state index in [-0.39, 0.29) is 9.92 Å². The Bertz CT molecular complexity index is 1370. The quantitative estimate of drug-likeness (QED) is 0.379. The van der Waals surface area contributed by atoms with Gasteiger partial charge in [0.25, 0.3) is 10.0 Å². The first-order chi connectivity index (χ1) is 17.4. The summed E-state index contributed by atoms with van der Waals surface area (Å²) in [6.45, 7) is 0.803. The van der Waals surface area contributed by atoms with Gasteiger partial charge in [-0.25, -0.2) is 8.42 Å². The van der Waals surface area contributed by atoms with Crippen LogP contribution >= 0.6 is 11.6 Å². The van der Waals surface area contributed by atoms with Gasteiger partial charge in [-0.15, -0.1) is 0 Å². The predicted molar refractivity (Wildman–Crippen MR) is 134 cm³/mol. The standard InChI is InChI=1S/C25H24ClF3N2O5S/c1-16(20-14-18(35-2)10-12-23(20)36-3)30-24(32)15-31(37(33,34)19-7-5-4-6-8-19)22-13-17(25(27,28)29)9-11-21(22)26/h4-14,16H,15H2,1-3H3,(H,30,32)/t16-/m0/s1. The van der Waals surface area contributed by atoms with Gasteiger partial charge in [-0.1, -0.05) is 29.8 Å². The molecule has 7 nitrogen and oxygen atoms in total. The molecule has 12 heteroatoms. The highest BCUT2D eigenvalue weighted by Gasteiger charge is 2.34. The van der Waals surface area contributed by atoms with Gasteiger partial charge in [0.15, 0.2) is 0 Å². The summed E-state index contributed by atoms with van der Waals surface area (Å²) in [7, 11) is -1.56. The lowest BCUT2D eigenvalue weighted by Crippen LogP contribution is -2.41. The van der Waals surface area contributed by atoms with E-state index in [2.05, 4.69) is 5.32 Å². The SMILES string of the molecule is COc1ccc(OC)c([C@H](C)NC(=O)CN(c2cc(C(F)(F)F)ccc2Cl)S(=O)(=O)c2ccccc2)c1. The van der Waals surface area contributed by atoms with Crippen LogP contribution < -0.4 is 19.1 Å². The Morgan fingerprint density at radius 3 is 2.30 bits per heavy atom. The van der Waals surface area contributed by atoms with Crippen molar-refractivity contribution in [3.63, 3.8) is 0 Å². The lowest BCUT2D eigenvalue weighted by Gasteiger charge is -2.27. The van der Waals surface area contributed by atoms with Crippen molar-refractivity contribution in [2.24, 2.45) is 0 Å². The minimum Gasteiger partial charge on any atom is -0.497 e. The third kappa shape index (κ3) is 6.47. The third-order valence-electron chi connectivity index (χ3n) is 5.44. The maximum absolute atomic E-state index is 13.5. The second kappa shape index (κ2) is 11.3. The summed E-state index contributed by atoms with van der Waals surface area (Å²) in [5.74, 6) is 0.162. The maximum Gasteiger partial charge on any atom is 0.416 e. The number of rotatable bonds is 9. The summed E-state index contributed by atoms with van der Waals surface area (Å²) in [5.41, 5.74) is -1.05. The second-order valence-electron chi connectivity index (χ2n) is 7.89. The van der Waals surface area contributed by atoms with Crippen molar-refractivity contribution in [3.8, 4) is 11.5 Å². The molecule has 0 heterocycles. The number of carbonyl (C=O) groups is 1. The first-order valence-corrected chi connectivity index (χ1v) is 12.7. The zero-order chi connectivity index (χ0) is 27.4. The number of nitrogens with zero attached hydrogens (tertiary/aromatic N) is 1. The molecule has 0 saturated heterocycles. The van der Waals surface area contributed by atoms with Gasteiger partial charge in [0, 0.05) is 5.56 Å². The van der Waals surface area contributed by atoms with Crippen LogP contribution in [0, 0.1) is 0 Å². The monoisotopic (exact) mass is 556 g/mol. The number of hydrogen-bond acceptors (Lipinski definition) is 5. The van der Waals surface area contributed by atoms with Crippen LogP contribution in [0.5, 0.6) is 11.5 Å². The molecule has 0 bridgehead atoms. The fraction of sp³-hybridized carbons (Fsp3) is 0.240. The molecule has 0 aliphatic rings. The number of ether oxygens (including phenoxy) is 2. The molecule has 1 amide bonds. The van der Waals surface area contributed by atoms with E-state index in [1.165, 1.54) is 38.5 Å². The highest BCUT2D eigenvalue weighted by Crippen LogP contribution is 2.37. The number of benzene rings is 3. The Kier molecular flexibility index (Phi) is 8.60. The molecule has 3 aromatic carbocycles. The molecule has 1 N–H and O–H groups in total. The van der Waals surface area contributed by atoms with Crippen LogP contribution in [0.1, 0.15) is 24.1 Å². The molecule has 0 fully saturated rings. The van der Waals surface area contributed by atoms with Gasteiger partial charge < -0.3 is 14.8 Å². The van der Waals surface area contributed by atoms with Gasteiger partial charge in [0.1, 0.15) is 18.0 Å². The topological polar surface area (TPSA) is 84.9 Å². The van der Waals surface area contributed by atoms with Gasteiger partial charge in [-0.3, -0.25) is 9.10 Å². The number of sulfonamides is 1. The molecule has 3 aromatic rings. The highest BCUT2D eigenvalue weighted by molar-refractivity contribution is 7.92. The number of methoxy groups -OCH3 is 2. The second-order valence-corrected chi connectivity index (χ2v) is 10.2. The summed E-state index contributed by atoms with van der Waals surface area (Å²) in [6, 6.07) is 13.6. The predicted octanol–water partition coefficient (Wildman–Crippen LogP) is 5.45. The van der Waals surface area contributed by atoms with Gasteiger partial charge in [-0.2, -0.15) is 13.2 Å². The van der Waals surface area contributed by atoms with E-state index in [0.717, 1.165) is 12.1 Å². The average molecular weight is 557 g/mol. The van der Waals surface area contributed by atoms with Gasteiger partial charge in [0.05, 0.1) is 41.4 Å². The molecule has 198 valence electrons. The van der Waals surface area contributed by atoms with E-state index in [0.29, 0.717) is 27.4 Å². The fourth-order valence-corrected chi connectivity index (χ4v) is 5.30. The van der Waals surface area contributed by atoms with Crippen molar-refractivity contribution >= 4 is 33.2 Å². The van der Waals surface area contributed by atoms with Crippen LogP contribution in [-0.4, -0.2) is 35.1 Å². The number of amides is 1. The van der Waals surface area contributed by atoms with E-state index in [1.54, 1.807) is 31.2 Å². The minimum absolute atomic E-state index is 0.223. The normalized spacial score (nSPS) is 12.5. The fourth-order valence-electron chi connectivity index (χ4n) is 3.57. The van der Waals surface area contributed by atoms with E-state index >= 15 is 0 Å². The van der Waals surface area contributed by atoms with E-state index < -0.39 is 45.9 Å². The molecule has 0 radical (unpaired) electrons. The zero-order valence-corrected chi connectivity index (χ0v) is 21.6. The number of hydrogen-bond donors (Lipinski definition) is 1. The van der Waals surface area contributed by atoms with Crippen molar-refractivity contribution in [1.29, 1.82) is 0 Å². The largest absolute Gasteiger partial charge is 0.497 e. The average Bonchev–Trinajstić information content (AvgIpc) is 2.87. The summed E-state index contributed by atoms with van der Waals surface area (Å²) in [6.07, 6.45) is -4.76. The highest BCUT2D eigenvalue weighted by atomic mass is 35.5. The van der Waals surface area contributed by atoms with Gasteiger partial charge in [-0.05, 0) is 55.5 Å². The molecule has 0 aliphatic carbocycles. The molecular weight excluding hydrogens is 533 g/mol. The summed E-state index contributed by atoms with van der Waals surface area (Å²) in [4.78, 5) is 12.9. The van der Waals surface area contributed by atoms with Crippen molar-refractivity contribution in [1.82, 2.24) is 5.32 Å². The van der Waals surface area contributed by atoms with E-state index in [4.69, 9.17) is 21.1 Å². The Morgan fingerprint density at radius 1 is 1.03 bits per heavy atom. The lowest BCUT2D eigenvalue weighted by molar-refractivity contribution is -0.137. The Labute approximate surface area is 217 Å². The number of nitrogens with one attached hydrogen (secondary N) is 1. The van der Waals surface area contributed by atoms with E-state index in [9.17, 15) is 26.4 Å². The number of anilines is 1. The van der Waals surface area contributed by atoms with Crippen molar-refractivity contribution in [2.45, 2.75) is 24.0 Å². The molecule has 0 unspecified atom stereocenters. The van der Waals surface area contributed by atoms with Crippen LogP contribution in [0.3, 0.4) is 0 Å². The van der Waals surface area contributed by atoms with Gasteiger partial charge in [0.2, 0.25) is 5.91 Å². The zero-order valence-electron chi connectivity index (χ0n) is 20.0. The maximum atomic E-state index is 13.5. The molecule has 0 saturated carbocycles. The molecule has 37 heavy (non-hydrogen) atoms. The van der Waals surface area contributed by atoms with Gasteiger partial charge >= 0.3 is 6.18 Å². The van der Waals surface area contributed by atoms with Crippen LogP contribution in [0.2, 0.25) is 5.02 Å². The first kappa shape index (κ1) is 28.1. The third-order valence-corrected chi connectivity index (χ3v) is 7.54. The smallest absolute Gasteiger partial charge is 0.416 e. The number of alkyl halides is 3. The van der Waals surface area contributed by atoms with Crippen LogP contribution in [0.25, 0.3) is 0 Å². The number of halogens is 4. The summed E-state index contributed by atoms with van der Waals surface area (Å²) >= 11 is 6.16.